The number of hydrogen-bond donors (Lipinski definition) is 2. The van der Waals surface area contributed by atoms with Gasteiger partial charge in [0, 0.05) is 7.11 Å². The van der Waals surface area contributed by atoms with Gasteiger partial charge in [-0.15, -0.1) is 0 Å². The fraction of sp³-hybridized carbons (Fsp3) is 0.778. The van der Waals surface area contributed by atoms with Crippen LogP contribution in [0, 0.1) is 5.41 Å². The monoisotopic (exact) mass is 200 g/mol. The number of amides is 3. The second kappa shape index (κ2) is 3.96. The van der Waals surface area contributed by atoms with E-state index in [1.807, 2.05) is 13.8 Å². The Morgan fingerprint density at radius 3 is 2.36 bits per heavy atom. The molecular formula is C9H16N2O3. The van der Waals surface area contributed by atoms with Crippen LogP contribution in [0.25, 0.3) is 0 Å². The maximum Gasteiger partial charge on any atom is 0.323 e. The van der Waals surface area contributed by atoms with Crippen LogP contribution in [0.3, 0.4) is 0 Å². The van der Waals surface area contributed by atoms with E-state index in [0.717, 1.165) is 0 Å². The van der Waals surface area contributed by atoms with E-state index < -0.39 is 17.7 Å². The number of hydrogen-bond acceptors (Lipinski definition) is 3. The molecule has 0 saturated carbocycles. The molecule has 2 N–H and O–H groups in total. The Morgan fingerprint density at radius 2 is 1.93 bits per heavy atom. The van der Waals surface area contributed by atoms with Crippen molar-refractivity contribution in [2.24, 2.45) is 5.41 Å². The largest absolute Gasteiger partial charge is 0.361 e. The van der Waals surface area contributed by atoms with E-state index in [9.17, 15) is 9.59 Å². The van der Waals surface area contributed by atoms with Gasteiger partial charge in [0.2, 0.25) is 5.91 Å². The highest BCUT2D eigenvalue weighted by Crippen LogP contribution is 2.33. The molecular weight excluding hydrogens is 184 g/mol. The van der Waals surface area contributed by atoms with Crippen molar-refractivity contribution in [1.82, 2.24) is 10.6 Å². The van der Waals surface area contributed by atoms with Crippen molar-refractivity contribution >= 4 is 11.9 Å². The Labute approximate surface area is 83.2 Å². The minimum Gasteiger partial charge on any atom is -0.361 e. The lowest BCUT2D eigenvalue weighted by molar-refractivity contribution is -0.144. The molecule has 1 fully saturated rings. The van der Waals surface area contributed by atoms with Gasteiger partial charge >= 0.3 is 6.03 Å². The average molecular weight is 200 g/mol. The summed E-state index contributed by atoms with van der Waals surface area (Å²) in [5.41, 5.74) is -0.636. The van der Waals surface area contributed by atoms with Crippen molar-refractivity contribution in [2.75, 3.05) is 7.11 Å². The third-order valence-corrected chi connectivity index (χ3v) is 2.94. The highest BCUT2D eigenvalue weighted by atomic mass is 16.5. The summed E-state index contributed by atoms with van der Waals surface area (Å²) < 4.78 is 5.14. The predicted octanol–water partition coefficient (Wildman–Crippen LogP) is 0.605. The Bertz CT molecular complexity index is 248. The third kappa shape index (κ3) is 1.48. The molecule has 1 rings (SSSR count). The second-order valence-electron chi connectivity index (χ2n) is 3.41. The van der Waals surface area contributed by atoms with E-state index in [2.05, 4.69) is 10.6 Å². The molecule has 1 saturated heterocycles. The van der Waals surface area contributed by atoms with Crippen LogP contribution < -0.4 is 10.6 Å². The minimum absolute atomic E-state index is 0.252. The quantitative estimate of drug-likeness (QED) is 0.701. The van der Waals surface area contributed by atoms with E-state index >= 15 is 0 Å². The molecule has 0 aromatic carbocycles. The lowest BCUT2D eigenvalue weighted by atomic mass is 9.78. The number of carbonyl (C=O) groups excluding carboxylic acids is 2. The van der Waals surface area contributed by atoms with Gasteiger partial charge in [-0.3, -0.25) is 10.1 Å². The van der Waals surface area contributed by atoms with Gasteiger partial charge in [0.1, 0.15) is 6.23 Å². The second-order valence-corrected chi connectivity index (χ2v) is 3.41. The summed E-state index contributed by atoms with van der Waals surface area (Å²) in [4.78, 5) is 22.7. The number of rotatable bonds is 3. The van der Waals surface area contributed by atoms with E-state index in [1.54, 1.807) is 0 Å². The van der Waals surface area contributed by atoms with Crippen LogP contribution in [-0.2, 0) is 9.53 Å². The zero-order valence-corrected chi connectivity index (χ0v) is 8.72. The molecule has 1 heterocycles. The van der Waals surface area contributed by atoms with Gasteiger partial charge in [-0.05, 0) is 12.8 Å². The highest BCUT2D eigenvalue weighted by Gasteiger charge is 2.47. The fourth-order valence-corrected chi connectivity index (χ4v) is 1.87. The third-order valence-electron chi connectivity index (χ3n) is 2.94. The predicted molar refractivity (Wildman–Crippen MR) is 50.5 cm³/mol. The van der Waals surface area contributed by atoms with Crippen LogP contribution in [0.1, 0.15) is 26.7 Å². The van der Waals surface area contributed by atoms with Crippen LogP contribution in [0.4, 0.5) is 4.79 Å². The molecule has 0 aliphatic carbocycles. The standard InChI is InChI=1S/C9H16N2O3/c1-4-9(5-2)6(12)10-8(13)11-7(9)14-3/h7H,4-5H2,1-3H3,(H2,10,11,12,13). The van der Waals surface area contributed by atoms with Gasteiger partial charge < -0.3 is 10.1 Å². The molecule has 14 heavy (non-hydrogen) atoms. The van der Waals surface area contributed by atoms with Gasteiger partial charge in [-0.1, -0.05) is 13.8 Å². The fourth-order valence-electron chi connectivity index (χ4n) is 1.87. The number of urea groups is 1. The van der Waals surface area contributed by atoms with Crippen molar-refractivity contribution in [3.05, 3.63) is 0 Å². The molecule has 5 nitrogen and oxygen atoms in total. The van der Waals surface area contributed by atoms with Gasteiger partial charge in [-0.2, -0.15) is 0 Å². The molecule has 1 aliphatic heterocycles. The summed E-state index contributed by atoms with van der Waals surface area (Å²) in [6.45, 7) is 3.82. The Balaban J connectivity index is 2.98. The van der Waals surface area contributed by atoms with Gasteiger partial charge in [0.15, 0.2) is 0 Å². The lowest BCUT2D eigenvalue weighted by Gasteiger charge is -2.40. The zero-order valence-electron chi connectivity index (χ0n) is 8.72. The smallest absolute Gasteiger partial charge is 0.323 e. The van der Waals surface area contributed by atoms with E-state index in [1.165, 1.54) is 7.11 Å². The van der Waals surface area contributed by atoms with Crippen molar-refractivity contribution in [3.63, 3.8) is 0 Å². The van der Waals surface area contributed by atoms with Crippen molar-refractivity contribution in [1.29, 1.82) is 0 Å². The Hall–Kier alpha value is -1.10. The lowest BCUT2D eigenvalue weighted by Crippen LogP contribution is -2.64. The molecule has 80 valence electrons. The topological polar surface area (TPSA) is 67.4 Å². The number of ether oxygens (including phenoxy) is 1. The zero-order chi connectivity index (χ0) is 10.8. The van der Waals surface area contributed by atoms with Crippen molar-refractivity contribution < 1.29 is 14.3 Å². The maximum atomic E-state index is 11.7. The van der Waals surface area contributed by atoms with Crippen molar-refractivity contribution in [3.8, 4) is 0 Å². The number of nitrogens with one attached hydrogen (secondary N) is 2. The SMILES string of the molecule is CCC1(CC)C(=O)NC(=O)NC1OC. The first-order chi connectivity index (χ1) is 6.60. The molecule has 3 amide bonds. The van der Waals surface area contributed by atoms with Crippen LogP contribution in [0.5, 0.6) is 0 Å². The molecule has 1 unspecified atom stereocenters. The van der Waals surface area contributed by atoms with Crippen LogP contribution in [0.2, 0.25) is 0 Å². The Kier molecular flexibility index (Phi) is 3.10. The summed E-state index contributed by atoms with van der Waals surface area (Å²) in [5, 5.41) is 4.86. The first-order valence-corrected chi connectivity index (χ1v) is 4.75. The van der Waals surface area contributed by atoms with E-state index in [0.29, 0.717) is 12.8 Å². The molecule has 5 heteroatoms. The van der Waals surface area contributed by atoms with Crippen LogP contribution in [-0.4, -0.2) is 25.3 Å². The summed E-state index contributed by atoms with van der Waals surface area (Å²) in [6.07, 6.45) is 0.737. The van der Waals surface area contributed by atoms with Crippen molar-refractivity contribution in [2.45, 2.75) is 32.9 Å². The maximum absolute atomic E-state index is 11.7. The highest BCUT2D eigenvalue weighted by molar-refractivity contribution is 6.00. The molecule has 1 aliphatic rings. The molecule has 0 aromatic heterocycles. The van der Waals surface area contributed by atoms with E-state index in [-0.39, 0.29) is 5.91 Å². The molecule has 0 spiro atoms. The van der Waals surface area contributed by atoms with Crippen LogP contribution in [0.15, 0.2) is 0 Å². The Morgan fingerprint density at radius 1 is 1.36 bits per heavy atom. The van der Waals surface area contributed by atoms with E-state index in [4.69, 9.17) is 4.74 Å². The molecule has 0 aromatic rings. The normalized spacial score (nSPS) is 25.5. The molecule has 0 bridgehead atoms. The van der Waals surface area contributed by atoms with Gasteiger partial charge in [0.05, 0.1) is 5.41 Å². The summed E-state index contributed by atoms with van der Waals surface area (Å²) in [5.74, 6) is -0.252. The number of methoxy groups -OCH3 is 1. The summed E-state index contributed by atoms with van der Waals surface area (Å²) in [6, 6.07) is -0.487. The first-order valence-electron chi connectivity index (χ1n) is 4.75. The van der Waals surface area contributed by atoms with Gasteiger partial charge in [0.25, 0.3) is 0 Å². The summed E-state index contributed by atoms with van der Waals surface area (Å²) >= 11 is 0. The minimum atomic E-state index is -0.636. The van der Waals surface area contributed by atoms with Gasteiger partial charge in [-0.25, -0.2) is 4.79 Å². The number of imide groups is 1. The first kappa shape index (κ1) is 11.0. The molecule has 1 atom stereocenters. The average Bonchev–Trinajstić information content (AvgIpc) is 2.17. The van der Waals surface area contributed by atoms with Crippen LogP contribution >= 0.6 is 0 Å². The number of carbonyl (C=O) groups is 2. The molecule has 0 radical (unpaired) electrons. The summed E-state index contributed by atoms with van der Waals surface area (Å²) in [7, 11) is 1.49.